The van der Waals surface area contributed by atoms with E-state index in [9.17, 15) is 0 Å². The molecule has 4 atom stereocenters. The molecule has 0 aromatic rings. The maximum atomic E-state index is 6.07. The van der Waals surface area contributed by atoms with Crippen molar-refractivity contribution in [2.24, 2.45) is 5.73 Å². The molecular weight excluding hydrogens is 224 g/mol. The van der Waals surface area contributed by atoms with Crippen molar-refractivity contribution in [1.29, 1.82) is 0 Å². The minimum atomic E-state index is 0.377. The van der Waals surface area contributed by atoms with Crippen LogP contribution < -0.4 is 5.73 Å². The molecule has 0 aromatic heterocycles. The van der Waals surface area contributed by atoms with Crippen molar-refractivity contribution in [2.45, 2.75) is 83.1 Å². The van der Waals surface area contributed by atoms with Crippen LogP contribution in [-0.4, -0.2) is 42.3 Å². The first-order valence-electron chi connectivity index (χ1n) is 7.87. The van der Waals surface area contributed by atoms with Crippen LogP contribution in [0.25, 0.3) is 0 Å². The summed E-state index contributed by atoms with van der Waals surface area (Å²) >= 11 is 0. The minimum Gasteiger partial charge on any atom is -0.374 e. The van der Waals surface area contributed by atoms with Crippen LogP contribution in [-0.2, 0) is 4.74 Å². The summed E-state index contributed by atoms with van der Waals surface area (Å²) in [7, 11) is 0. The Bertz CT molecular complexity index is 240. The molecule has 18 heavy (non-hydrogen) atoms. The standard InChI is InChI=1S/C15H30N2O/c1-3-6-13-7-4-5-10-17(13)14(11-16)15-9-8-12(2)18-15/h12-15H,3-11,16H2,1-2H3. The van der Waals surface area contributed by atoms with E-state index in [0.717, 1.165) is 12.6 Å². The molecule has 4 unspecified atom stereocenters. The molecule has 3 heteroatoms. The molecule has 2 aliphatic heterocycles. The van der Waals surface area contributed by atoms with Gasteiger partial charge in [-0.25, -0.2) is 0 Å². The molecule has 3 nitrogen and oxygen atoms in total. The highest BCUT2D eigenvalue weighted by Crippen LogP contribution is 2.29. The summed E-state index contributed by atoms with van der Waals surface area (Å²) in [6.45, 7) is 6.45. The topological polar surface area (TPSA) is 38.5 Å². The highest BCUT2D eigenvalue weighted by atomic mass is 16.5. The van der Waals surface area contributed by atoms with Gasteiger partial charge in [0.2, 0.25) is 0 Å². The van der Waals surface area contributed by atoms with Crippen LogP contribution in [0.15, 0.2) is 0 Å². The molecule has 0 aromatic carbocycles. The average molecular weight is 254 g/mol. The summed E-state index contributed by atoms with van der Waals surface area (Å²) in [5.74, 6) is 0. The van der Waals surface area contributed by atoms with E-state index in [4.69, 9.17) is 10.5 Å². The van der Waals surface area contributed by atoms with Crippen LogP contribution >= 0.6 is 0 Å². The van der Waals surface area contributed by atoms with Gasteiger partial charge in [0.25, 0.3) is 0 Å². The molecule has 0 saturated carbocycles. The predicted molar refractivity (Wildman–Crippen MR) is 75.7 cm³/mol. The van der Waals surface area contributed by atoms with Crippen molar-refractivity contribution < 1.29 is 4.74 Å². The van der Waals surface area contributed by atoms with E-state index in [1.165, 1.54) is 51.5 Å². The van der Waals surface area contributed by atoms with Crippen molar-refractivity contribution in [3.8, 4) is 0 Å². The molecule has 0 bridgehead atoms. The molecule has 106 valence electrons. The Morgan fingerprint density at radius 1 is 1.28 bits per heavy atom. The minimum absolute atomic E-state index is 0.377. The molecule has 2 fully saturated rings. The maximum Gasteiger partial charge on any atom is 0.0747 e. The first-order valence-corrected chi connectivity index (χ1v) is 7.87. The summed E-state index contributed by atoms with van der Waals surface area (Å²) in [4.78, 5) is 2.68. The van der Waals surface area contributed by atoms with Gasteiger partial charge in [-0.1, -0.05) is 19.8 Å². The van der Waals surface area contributed by atoms with E-state index in [2.05, 4.69) is 18.7 Å². The number of likely N-dealkylation sites (tertiary alicyclic amines) is 1. The highest BCUT2D eigenvalue weighted by molar-refractivity contribution is 4.90. The molecule has 2 heterocycles. The third kappa shape index (κ3) is 3.25. The molecule has 2 aliphatic rings. The Labute approximate surface area is 112 Å². The SMILES string of the molecule is CCCC1CCCCN1C(CN)C1CCC(C)O1. The number of ether oxygens (including phenoxy) is 1. The summed E-state index contributed by atoms with van der Waals surface area (Å²) < 4.78 is 6.07. The van der Waals surface area contributed by atoms with Crippen LogP contribution in [0.2, 0.25) is 0 Å². The van der Waals surface area contributed by atoms with Gasteiger partial charge in [0.05, 0.1) is 12.2 Å². The van der Waals surface area contributed by atoms with Crippen LogP contribution in [0.3, 0.4) is 0 Å². The Morgan fingerprint density at radius 2 is 2.11 bits per heavy atom. The molecule has 2 saturated heterocycles. The predicted octanol–water partition coefficient (Wildman–Crippen LogP) is 2.54. The Balaban J connectivity index is 1.99. The van der Waals surface area contributed by atoms with Gasteiger partial charge in [-0.15, -0.1) is 0 Å². The van der Waals surface area contributed by atoms with Gasteiger partial charge >= 0.3 is 0 Å². The second-order valence-corrected chi connectivity index (χ2v) is 6.04. The van der Waals surface area contributed by atoms with Crippen molar-refractivity contribution >= 4 is 0 Å². The largest absolute Gasteiger partial charge is 0.374 e. The van der Waals surface area contributed by atoms with E-state index in [0.29, 0.717) is 18.2 Å². The van der Waals surface area contributed by atoms with Crippen LogP contribution in [0.5, 0.6) is 0 Å². The summed E-state index contributed by atoms with van der Waals surface area (Å²) in [6, 6.07) is 1.20. The zero-order valence-corrected chi connectivity index (χ0v) is 12.1. The van der Waals surface area contributed by atoms with E-state index in [1.54, 1.807) is 0 Å². The normalized spacial score (nSPS) is 35.8. The molecule has 2 rings (SSSR count). The lowest BCUT2D eigenvalue weighted by molar-refractivity contribution is -0.0280. The third-order valence-corrected chi connectivity index (χ3v) is 4.66. The molecule has 0 radical (unpaired) electrons. The number of hydrogen-bond donors (Lipinski definition) is 1. The fraction of sp³-hybridized carbons (Fsp3) is 1.00. The lowest BCUT2D eigenvalue weighted by atomic mass is 9.94. The lowest BCUT2D eigenvalue weighted by Crippen LogP contribution is -2.54. The first kappa shape index (κ1) is 14.3. The van der Waals surface area contributed by atoms with E-state index in [-0.39, 0.29) is 0 Å². The van der Waals surface area contributed by atoms with Gasteiger partial charge in [0, 0.05) is 18.6 Å². The smallest absolute Gasteiger partial charge is 0.0747 e. The number of hydrogen-bond acceptors (Lipinski definition) is 3. The van der Waals surface area contributed by atoms with Crippen molar-refractivity contribution in [3.63, 3.8) is 0 Å². The lowest BCUT2D eigenvalue weighted by Gasteiger charge is -2.43. The monoisotopic (exact) mass is 254 g/mol. The molecule has 0 amide bonds. The van der Waals surface area contributed by atoms with Gasteiger partial charge < -0.3 is 10.5 Å². The number of nitrogens with two attached hydrogens (primary N) is 1. The second kappa shape index (κ2) is 6.88. The Morgan fingerprint density at radius 3 is 2.72 bits per heavy atom. The molecule has 2 N–H and O–H groups in total. The zero-order chi connectivity index (χ0) is 13.0. The van der Waals surface area contributed by atoms with Gasteiger partial charge in [0.1, 0.15) is 0 Å². The van der Waals surface area contributed by atoms with Crippen molar-refractivity contribution in [3.05, 3.63) is 0 Å². The number of piperidine rings is 1. The molecule has 0 aliphatic carbocycles. The quantitative estimate of drug-likeness (QED) is 0.819. The first-order chi connectivity index (χ1) is 8.76. The van der Waals surface area contributed by atoms with Crippen LogP contribution in [0, 0.1) is 0 Å². The van der Waals surface area contributed by atoms with E-state index >= 15 is 0 Å². The van der Waals surface area contributed by atoms with Gasteiger partial charge in [-0.2, -0.15) is 0 Å². The van der Waals surface area contributed by atoms with Crippen molar-refractivity contribution in [2.75, 3.05) is 13.1 Å². The zero-order valence-electron chi connectivity index (χ0n) is 12.1. The Kier molecular flexibility index (Phi) is 5.46. The molecule has 0 spiro atoms. The average Bonchev–Trinajstić information content (AvgIpc) is 2.79. The maximum absolute atomic E-state index is 6.07. The van der Waals surface area contributed by atoms with E-state index < -0.39 is 0 Å². The van der Waals surface area contributed by atoms with Gasteiger partial charge in [-0.3, -0.25) is 4.90 Å². The summed E-state index contributed by atoms with van der Waals surface area (Å²) in [6.07, 6.45) is 9.87. The van der Waals surface area contributed by atoms with Gasteiger partial charge in [-0.05, 0) is 45.6 Å². The highest BCUT2D eigenvalue weighted by Gasteiger charge is 2.36. The second-order valence-electron chi connectivity index (χ2n) is 6.04. The molecular formula is C15H30N2O. The fourth-order valence-electron chi connectivity index (χ4n) is 3.72. The van der Waals surface area contributed by atoms with E-state index in [1.807, 2.05) is 0 Å². The Hall–Kier alpha value is -0.120. The summed E-state index contributed by atoms with van der Waals surface area (Å²) in [5.41, 5.74) is 6.07. The number of nitrogens with zero attached hydrogens (tertiary/aromatic N) is 1. The van der Waals surface area contributed by atoms with Gasteiger partial charge in [0.15, 0.2) is 0 Å². The third-order valence-electron chi connectivity index (χ3n) is 4.66. The van der Waals surface area contributed by atoms with Crippen molar-refractivity contribution in [1.82, 2.24) is 4.90 Å². The number of rotatable bonds is 5. The van der Waals surface area contributed by atoms with Crippen LogP contribution in [0.1, 0.15) is 58.8 Å². The van der Waals surface area contributed by atoms with Crippen LogP contribution in [0.4, 0.5) is 0 Å². The summed E-state index contributed by atoms with van der Waals surface area (Å²) in [5, 5.41) is 0. The fourth-order valence-corrected chi connectivity index (χ4v) is 3.72.